The number of halogens is 4. The predicted octanol–water partition coefficient (Wildman–Crippen LogP) is 4.13. The van der Waals surface area contributed by atoms with Crippen molar-refractivity contribution in [2.75, 3.05) is 7.05 Å². The van der Waals surface area contributed by atoms with Gasteiger partial charge in [-0.25, -0.2) is 9.18 Å². The lowest BCUT2D eigenvalue weighted by Gasteiger charge is -2.36. The maximum Gasteiger partial charge on any atom is 0.416 e. The zero-order valence-corrected chi connectivity index (χ0v) is 14.0. The van der Waals surface area contributed by atoms with Crippen molar-refractivity contribution in [3.8, 4) is 0 Å². The monoisotopic (exact) mass is 349 g/mol. The van der Waals surface area contributed by atoms with Gasteiger partial charge in [0.2, 0.25) is 0 Å². The first kappa shape index (κ1) is 19.9. The molecule has 0 saturated heterocycles. The fourth-order valence-corrected chi connectivity index (χ4v) is 1.91. The maximum atomic E-state index is 13.6. The molecule has 0 aliphatic rings. The largest absolute Gasteiger partial charge is 0.444 e. The smallest absolute Gasteiger partial charge is 0.416 e. The van der Waals surface area contributed by atoms with Gasteiger partial charge in [0.1, 0.15) is 23.2 Å². The van der Waals surface area contributed by atoms with E-state index in [2.05, 4.69) is 0 Å². The minimum atomic E-state index is -4.79. The van der Waals surface area contributed by atoms with Gasteiger partial charge in [0, 0.05) is 7.05 Å². The highest BCUT2D eigenvalue weighted by Crippen LogP contribution is 2.34. The predicted molar refractivity (Wildman–Crippen MR) is 78.8 cm³/mol. The summed E-state index contributed by atoms with van der Waals surface area (Å²) in [5.74, 6) is -1.16. The van der Waals surface area contributed by atoms with Crippen molar-refractivity contribution >= 4 is 12.4 Å². The first-order valence-corrected chi connectivity index (χ1v) is 7.02. The Morgan fingerprint density at radius 3 is 2.00 bits per heavy atom. The number of ether oxygens (including phenoxy) is 1. The van der Waals surface area contributed by atoms with Gasteiger partial charge in [0.15, 0.2) is 0 Å². The van der Waals surface area contributed by atoms with Crippen LogP contribution in [0.25, 0.3) is 0 Å². The van der Waals surface area contributed by atoms with E-state index in [1.54, 1.807) is 20.8 Å². The summed E-state index contributed by atoms with van der Waals surface area (Å²) >= 11 is 0. The highest BCUT2D eigenvalue weighted by Gasteiger charge is 2.39. The van der Waals surface area contributed by atoms with Crippen LogP contribution in [-0.4, -0.2) is 29.9 Å². The van der Waals surface area contributed by atoms with Crippen LogP contribution in [-0.2, 0) is 21.2 Å². The molecule has 1 atom stereocenters. The molecule has 4 nitrogen and oxygen atoms in total. The molecule has 134 valence electrons. The summed E-state index contributed by atoms with van der Waals surface area (Å²) in [5.41, 5.74) is -4.25. The third-order valence-electron chi connectivity index (χ3n) is 3.40. The molecule has 1 rings (SSSR count). The summed E-state index contributed by atoms with van der Waals surface area (Å²) in [6.45, 7) is 6.00. The second-order valence-corrected chi connectivity index (χ2v) is 6.53. The molecule has 1 unspecified atom stereocenters. The second kappa shape index (κ2) is 6.41. The van der Waals surface area contributed by atoms with Gasteiger partial charge in [-0.2, -0.15) is 13.2 Å². The molecule has 0 saturated carbocycles. The fourth-order valence-electron chi connectivity index (χ4n) is 1.91. The molecule has 0 heterocycles. The Bertz CT molecular complexity index is 637. The number of aldehydes is 1. The normalized spacial score (nSPS) is 14.7. The third kappa shape index (κ3) is 4.46. The van der Waals surface area contributed by atoms with Gasteiger partial charge in [0.25, 0.3) is 0 Å². The van der Waals surface area contributed by atoms with E-state index in [0.29, 0.717) is 12.1 Å². The van der Waals surface area contributed by atoms with Crippen LogP contribution in [0.15, 0.2) is 18.2 Å². The number of amides is 1. The molecular formula is C16H19F4NO3. The van der Waals surface area contributed by atoms with Crippen molar-refractivity contribution in [1.82, 2.24) is 4.90 Å². The summed E-state index contributed by atoms with van der Waals surface area (Å²) in [4.78, 5) is 24.5. The molecular weight excluding hydrogens is 330 g/mol. The van der Waals surface area contributed by atoms with E-state index in [4.69, 9.17) is 4.74 Å². The van der Waals surface area contributed by atoms with Gasteiger partial charge >= 0.3 is 12.3 Å². The van der Waals surface area contributed by atoms with Gasteiger partial charge in [-0.1, -0.05) is 0 Å². The van der Waals surface area contributed by atoms with Crippen molar-refractivity contribution in [2.24, 2.45) is 0 Å². The topological polar surface area (TPSA) is 46.6 Å². The zero-order chi connectivity index (χ0) is 18.9. The van der Waals surface area contributed by atoms with Gasteiger partial charge in [0.05, 0.1) is 5.56 Å². The summed E-state index contributed by atoms with van der Waals surface area (Å²) in [7, 11) is 1.20. The minimum absolute atomic E-state index is 0.270. The molecule has 0 N–H and O–H groups in total. The SMILES string of the molecule is CN(C(=O)OC(C)(C)C)C(C)(C=O)c1cc(F)cc(C(F)(F)F)c1. The lowest BCUT2D eigenvalue weighted by molar-refractivity contribution is -0.138. The van der Waals surface area contributed by atoms with Gasteiger partial charge < -0.3 is 9.53 Å². The van der Waals surface area contributed by atoms with E-state index in [9.17, 15) is 27.2 Å². The Labute approximate surface area is 137 Å². The standard InChI is InChI=1S/C16H19F4NO3/c1-14(2,3)24-13(23)21(5)15(4,9-22)10-6-11(16(18,19)20)8-12(17)7-10/h6-9H,1-5H3. The van der Waals surface area contributed by atoms with E-state index in [1.807, 2.05) is 0 Å². The Morgan fingerprint density at radius 1 is 1.08 bits per heavy atom. The number of alkyl halides is 3. The summed E-state index contributed by atoms with van der Waals surface area (Å²) in [6.07, 6.45) is -5.44. The molecule has 1 aromatic rings. The molecule has 0 aromatic heterocycles. The number of hydrogen-bond acceptors (Lipinski definition) is 3. The zero-order valence-electron chi connectivity index (χ0n) is 14.0. The molecule has 0 aliphatic heterocycles. The molecule has 1 amide bonds. The van der Waals surface area contributed by atoms with Crippen molar-refractivity contribution in [3.05, 3.63) is 35.1 Å². The van der Waals surface area contributed by atoms with Gasteiger partial charge in [-0.05, 0) is 51.5 Å². The first-order chi connectivity index (χ1) is 10.7. The number of carbonyl (C=O) groups is 2. The van der Waals surface area contributed by atoms with Crippen LogP contribution in [0.1, 0.15) is 38.8 Å². The van der Waals surface area contributed by atoms with Crippen LogP contribution in [0, 0.1) is 5.82 Å². The lowest BCUT2D eigenvalue weighted by Crippen LogP contribution is -2.48. The van der Waals surface area contributed by atoms with Gasteiger partial charge in [-0.3, -0.25) is 4.90 Å². The fraction of sp³-hybridized carbons (Fsp3) is 0.500. The molecule has 8 heteroatoms. The van der Waals surface area contributed by atoms with Crippen LogP contribution >= 0.6 is 0 Å². The molecule has 1 aromatic carbocycles. The number of nitrogens with zero attached hydrogens (tertiary/aromatic N) is 1. The van der Waals surface area contributed by atoms with Crippen molar-refractivity contribution in [1.29, 1.82) is 0 Å². The highest BCUT2D eigenvalue weighted by molar-refractivity contribution is 5.78. The van der Waals surface area contributed by atoms with E-state index in [1.165, 1.54) is 14.0 Å². The van der Waals surface area contributed by atoms with Crippen LogP contribution in [0.3, 0.4) is 0 Å². The summed E-state index contributed by atoms with van der Waals surface area (Å²) < 4.78 is 57.3. The summed E-state index contributed by atoms with van der Waals surface area (Å²) in [6, 6.07) is 1.74. The number of carbonyl (C=O) groups excluding carboxylic acids is 2. The second-order valence-electron chi connectivity index (χ2n) is 6.53. The highest BCUT2D eigenvalue weighted by atomic mass is 19.4. The first-order valence-electron chi connectivity index (χ1n) is 7.02. The van der Waals surface area contributed by atoms with Crippen LogP contribution in [0.5, 0.6) is 0 Å². The van der Waals surface area contributed by atoms with Crippen LogP contribution < -0.4 is 0 Å². The van der Waals surface area contributed by atoms with Crippen molar-refractivity contribution in [2.45, 2.75) is 45.0 Å². The maximum absolute atomic E-state index is 13.6. The molecule has 0 radical (unpaired) electrons. The summed E-state index contributed by atoms with van der Waals surface area (Å²) in [5, 5.41) is 0. The van der Waals surface area contributed by atoms with E-state index in [-0.39, 0.29) is 11.8 Å². The molecule has 0 bridgehead atoms. The van der Waals surface area contributed by atoms with Gasteiger partial charge in [-0.15, -0.1) is 0 Å². The number of hydrogen-bond donors (Lipinski definition) is 0. The number of rotatable bonds is 3. The lowest BCUT2D eigenvalue weighted by atomic mass is 9.90. The average molecular weight is 349 g/mol. The quantitative estimate of drug-likeness (QED) is 0.609. The van der Waals surface area contributed by atoms with Crippen molar-refractivity contribution in [3.63, 3.8) is 0 Å². The third-order valence-corrected chi connectivity index (χ3v) is 3.40. The van der Waals surface area contributed by atoms with Crippen LogP contribution in [0.2, 0.25) is 0 Å². The van der Waals surface area contributed by atoms with E-state index >= 15 is 0 Å². The molecule has 0 spiro atoms. The molecule has 0 aliphatic carbocycles. The number of benzene rings is 1. The number of likely N-dealkylation sites (N-methyl/N-ethyl adjacent to an activating group) is 1. The molecule has 24 heavy (non-hydrogen) atoms. The Balaban J connectivity index is 3.35. The Morgan fingerprint density at radius 2 is 1.58 bits per heavy atom. The van der Waals surface area contributed by atoms with E-state index < -0.39 is 34.8 Å². The average Bonchev–Trinajstić information content (AvgIpc) is 2.42. The van der Waals surface area contributed by atoms with Crippen molar-refractivity contribution < 1.29 is 31.9 Å². The molecule has 0 fully saturated rings. The van der Waals surface area contributed by atoms with Crippen LogP contribution in [0.4, 0.5) is 22.4 Å². The minimum Gasteiger partial charge on any atom is -0.444 e. The van der Waals surface area contributed by atoms with E-state index in [0.717, 1.165) is 11.0 Å². The Kier molecular flexibility index (Phi) is 5.32. The Hall–Kier alpha value is -2.12.